The Hall–Kier alpha value is -1.18. The van der Waals surface area contributed by atoms with Crippen molar-refractivity contribution in [1.82, 2.24) is 20.0 Å². The summed E-state index contributed by atoms with van der Waals surface area (Å²) in [6, 6.07) is 1.40. The van der Waals surface area contributed by atoms with Gasteiger partial charge in [-0.25, -0.2) is 0 Å². The van der Waals surface area contributed by atoms with Gasteiger partial charge in [-0.15, -0.1) is 0 Å². The van der Waals surface area contributed by atoms with Crippen molar-refractivity contribution in [2.75, 3.05) is 45.8 Å². The summed E-state index contributed by atoms with van der Waals surface area (Å²) in [6.07, 6.45) is 10.8. The number of piperidine rings is 2. The molecule has 3 aliphatic heterocycles. The first kappa shape index (κ1) is 23.6. The molecular formula is C26H44N4O3. The van der Waals surface area contributed by atoms with Gasteiger partial charge in [0.25, 0.3) is 5.91 Å². The number of nitrogens with zero attached hydrogens (tertiary/aromatic N) is 3. The van der Waals surface area contributed by atoms with E-state index < -0.39 is 5.60 Å². The lowest BCUT2D eigenvalue weighted by atomic mass is 9.71. The number of hydrogen-bond acceptors (Lipinski definition) is 5. The molecule has 2 amide bonds. The maximum absolute atomic E-state index is 13.2. The van der Waals surface area contributed by atoms with Gasteiger partial charge in [0.2, 0.25) is 5.91 Å². The van der Waals surface area contributed by atoms with Crippen LogP contribution in [-0.4, -0.2) is 95.1 Å². The van der Waals surface area contributed by atoms with E-state index in [4.69, 9.17) is 0 Å². The average Bonchev–Trinajstić information content (AvgIpc) is 3.62. The number of fused-ring (bicyclic) bond motifs is 1. The molecule has 2 aliphatic carbocycles. The predicted octanol–water partition coefficient (Wildman–Crippen LogP) is 1.84. The molecule has 5 aliphatic rings. The van der Waals surface area contributed by atoms with Crippen molar-refractivity contribution < 1.29 is 14.7 Å². The number of piperazine rings is 1. The van der Waals surface area contributed by atoms with Crippen LogP contribution in [0.25, 0.3) is 0 Å². The van der Waals surface area contributed by atoms with Crippen molar-refractivity contribution in [2.45, 2.75) is 88.8 Å². The van der Waals surface area contributed by atoms with Gasteiger partial charge in [-0.05, 0) is 95.7 Å². The molecule has 2 saturated carbocycles. The van der Waals surface area contributed by atoms with Crippen LogP contribution in [0.15, 0.2) is 0 Å². The second kappa shape index (κ2) is 9.82. The van der Waals surface area contributed by atoms with E-state index in [0.717, 1.165) is 31.2 Å². The summed E-state index contributed by atoms with van der Waals surface area (Å²) in [6.45, 7) is 8.31. The summed E-state index contributed by atoms with van der Waals surface area (Å²) in [7, 11) is 0. The Balaban J connectivity index is 1.08. The molecule has 0 bridgehead atoms. The number of carbonyl (C=O) groups excluding carboxylic acids is 2. The minimum absolute atomic E-state index is 0.131. The molecule has 33 heavy (non-hydrogen) atoms. The second-order valence-corrected chi connectivity index (χ2v) is 11.5. The summed E-state index contributed by atoms with van der Waals surface area (Å²) >= 11 is 0. The molecule has 186 valence electrons. The monoisotopic (exact) mass is 460 g/mol. The molecule has 3 atom stereocenters. The summed E-state index contributed by atoms with van der Waals surface area (Å²) in [4.78, 5) is 32.0. The summed E-state index contributed by atoms with van der Waals surface area (Å²) in [5.74, 6) is 1.83. The highest BCUT2D eigenvalue weighted by Gasteiger charge is 2.50. The Kier molecular flexibility index (Phi) is 7.01. The van der Waals surface area contributed by atoms with E-state index >= 15 is 0 Å². The Labute approximate surface area is 199 Å². The van der Waals surface area contributed by atoms with E-state index in [-0.39, 0.29) is 11.8 Å². The molecular weight excluding hydrogens is 416 g/mol. The fourth-order valence-electron chi connectivity index (χ4n) is 7.15. The minimum atomic E-state index is -1.09. The lowest BCUT2D eigenvalue weighted by Crippen LogP contribution is -2.60. The van der Waals surface area contributed by atoms with Crippen LogP contribution in [-0.2, 0) is 9.59 Å². The molecule has 3 saturated heterocycles. The average molecular weight is 461 g/mol. The van der Waals surface area contributed by atoms with Crippen molar-refractivity contribution in [3.8, 4) is 0 Å². The van der Waals surface area contributed by atoms with E-state index in [9.17, 15) is 14.7 Å². The number of aliphatic hydroxyl groups is 1. The van der Waals surface area contributed by atoms with E-state index in [1.165, 1.54) is 51.6 Å². The highest BCUT2D eigenvalue weighted by atomic mass is 16.3. The van der Waals surface area contributed by atoms with Gasteiger partial charge in [0.15, 0.2) is 0 Å². The smallest absolute Gasteiger partial charge is 0.254 e. The van der Waals surface area contributed by atoms with Crippen LogP contribution >= 0.6 is 0 Å². The van der Waals surface area contributed by atoms with Crippen molar-refractivity contribution in [2.24, 2.45) is 17.8 Å². The Morgan fingerprint density at radius 2 is 1.64 bits per heavy atom. The van der Waals surface area contributed by atoms with E-state index in [1.54, 1.807) is 4.90 Å². The van der Waals surface area contributed by atoms with Crippen LogP contribution in [0.3, 0.4) is 0 Å². The molecule has 7 heteroatoms. The van der Waals surface area contributed by atoms with E-state index in [2.05, 4.69) is 17.1 Å². The molecule has 3 heterocycles. The van der Waals surface area contributed by atoms with Gasteiger partial charge in [-0.3, -0.25) is 14.5 Å². The molecule has 0 radical (unpaired) electrons. The third-order valence-corrected chi connectivity index (χ3v) is 9.38. The maximum Gasteiger partial charge on any atom is 0.254 e. The molecule has 0 aromatic carbocycles. The van der Waals surface area contributed by atoms with Gasteiger partial charge in [-0.1, -0.05) is 6.92 Å². The van der Waals surface area contributed by atoms with Crippen molar-refractivity contribution >= 4 is 11.8 Å². The first-order valence-corrected chi connectivity index (χ1v) is 13.8. The zero-order chi connectivity index (χ0) is 23.0. The quantitative estimate of drug-likeness (QED) is 0.655. The Bertz CT molecular complexity index is 708. The number of hydrogen-bond donors (Lipinski definition) is 2. The van der Waals surface area contributed by atoms with Gasteiger partial charge in [0.05, 0.1) is 0 Å². The topological polar surface area (TPSA) is 76.1 Å². The molecule has 7 nitrogen and oxygen atoms in total. The van der Waals surface area contributed by atoms with Gasteiger partial charge < -0.3 is 20.2 Å². The van der Waals surface area contributed by atoms with E-state index in [0.29, 0.717) is 57.0 Å². The van der Waals surface area contributed by atoms with Gasteiger partial charge in [0, 0.05) is 44.2 Å². The third-order valence-electron chi connectivity index (χ3n) is 9.38. The Morgan fingerprint density at radius 1 is 0.939 bits per heavy atom. The summed E-state index contributed by atoms with van der Waals surface area (Å²) < 4.78 is 0. The zero-order valence-electron chi connectivity index (χ0n) is 20.5. The molecule has 0 spiro atoms. The van der Waals surface area contributed by atoms with Crippen molar-refractivity contribution in [3.63, 3.8) is 0 Å². The van der Waals surface area contributed by atoms with Crippen LogP contribution in [0, 0.1) is 17.8 Å². The number of amides is 2. The molecule has 3 unspecified atom stereocenters. The number of rotatable bonds is 5. The number of likely N-dealkylation sites (tertiary alicyclic amines) is 1. The molecule has 0 aromatic rings. The lowest BCUT2D eigenvalue weighted by Gasteiger charge is -2.49. The van der Waals surface area contributed by atoms with Crippen molar-refractivity contribution in [3.05, 3.63) is 0 Å². The first-order chi connectivity index (χ1) is 16.0. The van der Waals surface area contributed by atoms with Crippen LogP contribution in [0.2, 0.25) is 0 Å². The van der Waals surface area contributed by atoms with E-state index in [1.807, 2.05) is 4.90 Å². The lowest BCUT2D eigenvalue weighted by molar-refractivity contribution is -0.148. The van der Waals surface area contributed by atoms with Crippen LogP contribution in [0.5, 0.6) is 0 Å². The number of nitrogens with one attached hydrogen (secondary N) is 1. The van der Waals surface area contributed by atoms with Crippen LogP contribution < -0.4 is 5.32 Å². The Morgan fingerprint density at radius 3 is 2.30 bits per heavy atom. The van der Waals surface area contributed by atoms with Crippen LogP contribution in [0.1, 0.15) is 71.1 Å². The van der Waals surface area contributed by atoms with Crippen LogP contribution in [0.4, 0.5) is 0 Å². The molecule has 5 rings (SSSR count). The normalized spacial score (nSPS) is 36.8. The maximum atomic E-state index is 13.2. The van der Waals surface area contributed by atoms with Gasteiger partial charge in [-0.2, -0.15) is 0 Å². The highest BCUT2D eigenvalue weighted by molar-refractivity contribution is 5.88. The van der Waals surface area contributed by atoms with Crippen molar-refractivity contribution in [1.29, 1.82) is 0 Å². The largest absolute Gasteiger partial charge is 0.380 e. The van der Waals surface area contributed by atoms with Gasteiger partial charge >= 0.3 is 0 Å². The second-order valence-electron chi connectivity index (χ2n) is 11.5. The van der Waals surface area contributed by atoms with Gasteiger partial charge in [0.1, 0.15) is 5.60 Å². The third kappa shape index (κ3) is 4.96. The molecule has 5 fully saturated rings. The molecule has 2 N–H and O–H groups in total. The fraction of sp³-hybridized carbons (Fsp3) is 0.923. The fourth-order valence-corrected chi connectivity index (χ4v) is 7.15. The predicted molar refractivity (Wildman–Crippen MR) is 128 cm³/mol. The molecule has 0 aromatic heterocycles. The summed E-state index contributed by atoms with van der Waals surface area (Å²) in [5.41, 5.74) is -1.09. The minimum Gasteiger partial charge on any atom is -0.380 e. The zero-order valence-corrected chi connectivity index (χ0v) is 20.5. The SMILES string of the molecule is CCCN1CCCC2NCC(C3CCC(C(=O)N4CCN(C(=O)C5(O)CC5)CC4)CC3)CC21. The standard InChI is InChI=1S/C26H44N4O3/c1-2-11-28-12-3-4-22-23(28)17-21(18-27-22)19-5-7-20(8-6-19)24(31)29-13-15-30(16-14-29)25(32)26(33)9-10-26/h19-23,27,33H,2-18H2,1H3. The first-order valence-electron chi connectivity index (χ1n) is 13.8. The summed E-state index contributed by atoms with van der Waals surface area (Å²) in [5, 5.41) is 14.0. The number of carbonyl (C=O) groups is 2. The highest BCUT2D eigenvalue weighted by Crippen LogP contribution is 2.40.